The molecule has 4 nitrogen and oxygen atoms in total. The van der Waals surface area contributed by atoms with Crippen LogP contribution < -0.4 is 5.32 Å². The van der Waals surface area contributed by atoms with Gasteiger partial charge in [0.1, 0.15) is 5.82 Å². The van der Waals surface area contributed by atoms with Crippen molar-refractivity contribution >= 4 is 11.6 Å². The van der Waals surface area contributed by atoms with E-state index in [2.05, 4.69) is 34.2 Å². The number of aryl methyl sites for hydroxylation is 1. The van der Waals surface area contributed by atoms with Crippen LogP contribution in [0.15, 0.2) is 0 Å². The van der Waals surface area contributed by atoms with E-state index in [-0.39, 0.29) is 0 Å². The van der Waals surface area contributed by atoms with Crippen LogP contribution in [-0.2, 0) is 13.0 Å². The van der Waals surface area contributed by atoms with E-state index in [4.69, 9.17) is 11.6 Å². The molecule has 0 spiro atoms. The molecule has 2 rings (SSSR count). The summed E-state index contributed by atoms with van der Waals surface area (Å²) in [5.41, 5.74) is 1.03. The van der Waals surface area contributed by atoms with Crippen molar-refractivity contribution in [3.05, 3.63) is 16.7 Å². The number of hydrogen-bond acceptors (Lipinski definition) is 3. The predicted molar refractivity (Wildman–Crippen MR) is 79.5 cm³/mol. The molecular formula is C14H25ClN4. The number of unbranched alkanes of at least 4 members (excludes halogenated alkanes) is 1. The van der Waals surface area contributed by atoms with Gasteiger partial charge in [-0.1, -0.05) is 24.9 Å². The number of halogens is 1. The van der Waals surface area contributed by atoms with Crippen LogP contribution in [0.5, 0.6) is 0 Å². The quantitative estimate of drug-likeness (QED) is 0.808. The molecule has 2 N–H and O–H groups in total. The number of nitrogens with one attached hydrogen (secondary N) is 2. The Bertz CT molecular complexity index is 391. The van der Waals surface area contributed by atoms with Gasteiger partial charge in [-0.2, -0.15) is 0 Å². The van der Waals surface area contributed by atoms with Crippen molar-refractivity contribution in [2.75, 3.05) is 26.7 Å². The molecule has 0 radical (unpaired) electrons. The molecule has 0 saturated carbocycles. The molecule has 1 aliphatic heterocycles. The van der Waals surface area contributed by atoms with E-state index in [1.807, 2.05) is 0 Å². The zero-order valence-corrected chi connectivity index (χ0v) is 12.8. The van der Waals surface area contributed by atoms with Crippen LogP contribution in [0.1, 0.15) is 37.7 Å². The van der Waals surface area contributed by atoms with Crippen LogP contribution in [0.2, 0.25) is 5.15 Å². The zero-order chi connectivity index (χ0) is 13.7. The molecule has 19 heavy (non-hydrogen) atoms. The molecular weight excluding hydrogens is 260 g/mol. The van der Waals surface area contributed by atoms with Crippen LogP contribution in [-0.4, -0.2) is 41.5 Å². The number of aromatic nitrogens is 2. The molecule has 1 aromatic heterocycles. The number of rotatable bonds is 7. The summed E-state index contributed by atoms with van der Waals surface area (Å²) in [4.78, 5) is 10.1. The Hall–Kier alpha value is -0.580. The summed E-state index contributed by atoms with van der Waals surface area (Å²) < 4.78 is 0. The van der Waals surface area contributed by atoms with E-state index in [1.54, 1.807) is 0 Å². The molecule has 1 unspecified atom stereocenters. The molecule has 1 atom stereocenters. The predicted octanol–water partition coefficient (Wildman–Crippen LogP) is 2.45. The third-order valence-corrected chi connectivity index (χ3v) is 4.08. The molecule has 0 amide bonds. The lowest BCUT2D eigenvalue weighted by Gasteiger charge is -2.11. The molecule has 0 aromatic carbocycles. The van der Waals surface area contributed by atoms with Crippen LogP contribution in [0.25, 0.3) is 0 Å². The molecule has 0 aliphatic carbocycles. The second kappa shape index (κ2) is 7.27. The van der Waals surface area contributed by atoms with Gasteiger partial charge in [-0.05, 0) is 38.9 Å². The van der Waals surface area contributed by atoms with Crippen LogP contribution in [0.3, 0.4) is 0 Å². The SMILES string of the molecule is CCCCc1nc(Cl)c(CNCC2CCN(C)C2)[nH]1. The van der Waals surface area contributed by atoms with Crippen molar-refractivity contribution in [1.29, 1.82) is 0 Å². The second-order valence-electron chi connectivity index (χ2n) is 5.60. The molecule has 2 heterocycles. The van der Waals surface area contributed by atoms with Crippen molar-refractivity contribution in [2.24, 2.45) is 5.92 Å². The first-order chi connectivity index (χ1) is 9.19. The van der Waals surface area contributed by atoms with Crippen molar-refractivity contribution in [3.63, 3.8) is 0 Å². The minimum Gasteiger partial charge on any atom is -0.344 e. The van der Waals surface area contributed by atoms with E-state index < -0.39 is 0 Å². The number of nitrogens with zero attached hydrogens (tertiary/aromatic N) is 2. The lowest BCUT2D eigenvalue weighted by Crippen LogP contribution is -2.24. The maximum atomic E-state index is 6.15. The van der Waals surface area contributed by atoms with Gasteiger partial charge in [-0.15, -0.1) is 0 Å². The largest absolute Gasteiger partial charge is 0.344 e. The van der Waals surface area contributed by atoms with E-state index in [0.717, 1.165) is 43.4 Å². The van der Waals surface area contributed by atoms with Gasteiger partial charge < -0.3 is 15.2 Å². The van der Waals surface area contributed by atoms with E-state index in [9.17, 15) is 0 Å². The molecule has 1 aliphatic rings. The smallest absolute Gasteiger partial charge is 0.151 e. The Labute approximate surface area is 120 Å². The Kier molecular flexibility index (Phi) is 5.67. The number of aromatic amines is 1. The minimum absolute atomic E-state index is 0.627. The standard InChI is InChI=1S/C14H25ClN4/c1-3-4-5-13-17-12(14(15)18-13)9-16-8-11-6-7-19(2)10-11/h11,16H,3-10H2,1-2H3,(H,17,18). The summed E-state index contributed by atoms with van der Waals surface area (Å²) in [5, 5.41) is 4.12. The zero-order valence-electron chi connectivity index (χ0n) is 12.0. The maximum Gasteiger partial charge on any atom is 0.151 e. The van der Waals surface area contributed by atoms with E-state index in [0.29, 0.717) is 5.15 Å². The van der Waals surface area contributed by atoms with Crippen LogP contribution in [0, 0.1) is 5.92 Å². The minimum atomic E-state index is 0.627. The summed E-state index contributed by atoms with van der Waals surface area (Å²) in [6.07, 6.45) is 4.62. The van der Waals surface area contributed by atoms with Gasteiger partial charge in [0.05, 0.1) is 5.69 Å². The van der Waals surface area contributed by atoms with Gasteiger partial charge in [0.2, 0.25) is 0 Å². The fourth-order valence-electron chi connectivity index (χ4n) is 2.61. The first-order valence-electron chi connectivity index (χ1n) is 7.31. The monoisotopic (exact) mass is 284 g/mol. The normalized spacial score (nSPS) is 20.3. The Balaban J connectivity index is 1.74. The van der Waals surface area contributed by atoms with Gasteiger partial charge in [-0.3, -0.25) is 0 Å². The van der Waals surface area contributed by atoms with E-state index >= 15 is 0 Å². The highest BCUT2D eigenvalue weighted by molar-refractivity contribution is 6.30. The molecule has 1 aromatic rings. The molecule has 108 valence electrons. The first kappa shape index (κ1) is 14.8. The first-order valence-corrected chi connectivity index (χ1v) is 7.69. The maximum absolute atomic E-state index is 6.15. The summed E-state index contributed by atoms with van der Waals surface area (Å²) in [5.74, 6) is 1.79. The summed E-state index contributed by atoms with van der Waals surface area (Å²) >= 11 is 6.15. The third kappa shape index (κ3) is 4.48. The Morgan fingerprint density at radius 1 is 1.53 bits per heavy atom. The number of imidazole rings is 1. The highest BCUT2D eigenvalue weighted by atomic mass is 35.5. The van der Waals surface area contributed by atoms with Gasteiger partial charge >= 0.3 is 0 Å². The second-order valence-corrected chi connectivity index (χ2v) is 5.96. The number of hydrogen-bond donors (Lipinski definition) is 2. The molecule has 1 saturated heterocycles. The van der Waals surface area contributed by atoms with Crippen LogP contribution >= 0.6 is 11.6 Å². The Morgan fingerprint density at radius 2 is 2.37 bits per heavy atom. The fraction of sp³-hybridized carbons (Fsp3) is 0.786. The Morgan fingerprint density at radius 3 is 3.05 bits per heavy atom. The highest BCUT2D eigenvalue weighted by Crippen LogP contribution is 2.15. The number of H-pyrrole nitrogens is 1. The van der Waals surface area contributed by atoms with Crippen molar-refractivity contribution < 1.29 is 0 Å². The molecule has 1 fully saturated rings. The van der Waals surface area contributed by atoms with Gasteiger partial charge in [0.25, 0.3) is 0 Å². The van der Waals surface area contributed by atoms with Crippen molar-refractivity contribution in [1.82, 2.24) is 20.2 Å². The third-order valence-electron chi connectivity index (χ3n) is 3.77. The lowest BCUT2D eigenvalue weighted by atomic mass is 10.1. The summed E-state index contributed by atoms with van der Waals surface area (Å²) in [6.45, 7) is 6.46. The summed E-state index contributed by atoms with van der Waals surface area (Å²) in [7, 11) is 2.19. The lowest BCUT2D eigenvalue weighted by molar-refractivity contribution is 0.388. The van der Waals surface area contributed by atoms with Crippen LogP contribution in [0.4, 0.5) is 0 Å². The number of likely N-dealkylation sites (tertiary alicyclic amines) is 1. The van der Waals surface area contributed by atoms with Gasteiger partial charge in [0.15, 0.2) is 5.15 Å². The average molecular weight is 285 g/mol. The van der Waals surface area contributed by atoms with E-state index in [1.165, 1.54) is 25.9 Å². The average Bonchev–Trinajstić information content (AvgIpc) is 2.94. The highest BCUT2D eigenvalue weighted by Gasteiger charge is 2.18. The molecule has 0 bridgehead atoms. The summed E-state index contributed by atoms with van der Waals surface area (Å²) in [6, 6.07) is 0. The van der Waals surface area contributed by atoms with Gasteiger partial charge in [0, 0.05) is 19.5 Å². The van der Waals surface area contributed by atoms with Gasteiger partial charge in [-0.25, -0.2) is 4.98 Å². The molecule has 5 heteroatoms. The van der Waals surface area contributed by atoms with Crippen molar-refractivity contribution in [3.8, 4) is 0 Å². The fourth-order valence-corrected chi connectivity index (χ4v) is 2.83. The topological polar surface area (TPSA) is 44.0 Å². The van der Waals surface area contributed by atoms with Crippen molar-refractivity contribution in [2.45, 2.75) is 39.2 Å².